The van der Waals surface area contributed by atoms with Gasteiger partial charge in [0.25, 0.3) is 0 Å². The first kappa shape index (κ1) is 14.1. The lowest BCUT2D eigenvalue weighted by Gasteiger charge is -2.20. The van der Waals surface area contributed by atoms with Gasteiger partial charge in [0.2, 0.25) is 0 Å². The van der Waals surface area contributed by atoms with Crippen LogP contribution in [0.3, 0.4) is 0 Å². The number of aryl methyl sites for hydroxylation is 1. The van der Waals surface area contributed by atoms with Gasteiger partial charge in [-0.3, -0.25) is 0 Å². The maximum atomic E-state index is 13.2. The number of benzene rings is 1. The SMILES string of the molecule is CNC(Cc1cc(F)ccc1C)CC(C)OC. The minimum absolute atomic E-state index is 0.166. The maximum absolute atomic E-state index is 13.2. The van der Waals surface area contributed by atoms with Gasteiger partial charge in [0.15, 0.2) is 0 Å². The molecule has 1 rings (SSSR count). The summed E-state index contributed by atoms with van der Waals surface area (Å²) in [5, 5.41) is 3.26. The smallest absolute Gasteiger partial charge is 0.123 e. The van der Waals surface area contributed by atoms with E-state index in [0.29, 0.717) is 6.04 Å². The minimum Gasteiger partial charge on any atom is -0.382 e. The fraction of sp³-hybridized carbons (Fsp3) is 0.571. The topological polar surface area (TPSA) is 21.3 Å². The molecule has 3 heteroatoms. The Labute approximate surface area is 103 Å². The summed E-state index contributed by atoms with van der Waals surface area (Å²) in [5.74, 6) is -0.166. The fourth-order valence-electron chi connectivity index (χ4n) is 1.93. The standard InChI is InChI=1S/C14H22FNO/c1-10-5-6-13(15)8-12(10)9-14(16-3)7-11(2)17-4/h5-6,8,11,14,16H,7,9H2,1-4H3. The molecule has 0 saturated heterocycles. The van der Waals surface area contributed by atoms with Gasteiger partial charge in [-0.15, -0.1) is 0 Å². The monoisotopic (exact) mass is 239 g/mol. The second-order valence-corrected chi connectivity index (χ2v) is 4.54. The number of ether oxygens (including phenoxy) is 1. The highest BCUT2D eigenvalue weighted by atomic mass is 19.1. The number of hydrogen-bond acceptors (Lipinski definition) is 2. The van der Waals surface area contributed by atoms with Gasteiger partial charge in [-0.1, -0.05) is 6.07 Å². The molecule has 0 aliphatic carbocycles. The van der Waals surface area contributed by atoms with E-state index < -0.39 is 0 Å². The summed E-state index contributed by atoms with van der Waals surface area (Å²) in [6, 6.07) is 5.27. The molecule has 1 aromatic rings. The van der Waals surface area contributed by atoms with Gasteiger partial charge in [0.05, 0.1) is 6.10 Å². The van der Waals surface area contributed by atoms with Gasteiger partial charge in [0, 0.05) is 13.2 Å². The molecule has 2 unspecified atom stereocenters. The van der Waals surface area contributed by atoms with Gasteiger partial charge in [-0.2, -0.15) is 0 Å². The molecule has 0 saturated carbocycles. The van der Waals surface area contributed by atoms with Crippen molar-refractivity contribution in [3.8, 4) is 0 Å². The lowest BCUT2D eigenvalue weighted by atomic mass is 9.97. The van der Waals surface area contributed by atoms with Crippen LogP contribution in [0.2, 0.25) is 0 Å². The Balaban J connectivity index is 2.69. The summed E-state index contributed by atoms with van der Waals surface area (Å²) in [5.41, 5.74) is 2.20. The van der Waals surface area contributed by atoms with Crippen molar-refractivity contribution < 1.29 is 9.13 Å². The zero-order valence-corrected chi connectivity index (χ0v) is 11.1. The van der Waals surface area contributed by atoms with Crippen LogP contribution in [0.25, 0.3) is 0 Å². The largest absolute Gasteiger partial charge is 0.382 e. The number of rotatable bonds is 6. The number of hydrogen-bond donors (Lipinski definition) is 1. The van der Waals surface area contributed by atoms with Crippen LogP contribution in [0.5, 0.6) is 0 Å². The summed E-state index contributed by atoms with van der Waals surface area (Å²) in [6.45, 7) is 4.06. The van der Waals surface area contributed by atoms with E-state index in [9.17, 15) is 4.39 Å². The molecule has 2 atom stereocenters. The zero-order valence-electron chi connectivity index (χ0n) is 11.1. The molecule has 0 aliphatic rings. The number of halogens is 1. The van der Waals surface area contributed by atoms with Crippen molar-refractivity contribution >= 4 is 0 Å². The molecule has 0 amide bonds. The minimum atomic E-state index is -0.166. The van der Waals surface area contributed by atoms with Gasteiger partial charge in [-0.05, 0) is 57.0 Å². The third-order valence-corrected chi connectivity index (χ3v) is 3.20. The Morgan fingerprint density at radius 1 is 1.41 bits per heavy atom. The Kier molecular flexibility index (Phi) is 5.59. The molecule has 0 bridgehead atoms. The highest BCUT2D eigenvalue weighted by molar-refractivity contribution is 5.27. The van der Waals surface area contributed by atoms with Crippen molar-refractivity contribution in [3.05, 3.63) is 35.1 Å². The van der Waals surface area contributed by atoms with Crippen LogP contribution < -0.4 is 5.32 Å². The van der Waals surface area contributed by atoms with Crippen LogP contribution in [-0.4, -0.2) is 26.3 Å². The van der Waals surface area contributed by atoms with E-state index in [1.54, 1.807) is 13.2 Å². The average molecular weight is 239 g/mol. The molecular weight excluding hydrogens is 217 g/mol. The molecule has 0 spiro atoms. The zero-order chi connectivity index (χ0) is 12.8. The second-order valence-electron chi connectivity index (χ2n) is 4.54. The third kappa shape index (κ3) is 4.44. The first-order valence-corrected chi connectivity index (χ1v) is 6.02. The summed E-state index contributed by atoms with van der Waals surface area (Å²) in [6.07, 6.45) is 1.96. The van der Waals surface area contributed by atoms with Crippen molar-refractivity contribution in [2.75, 3.05) is 14.2 Å². The molecule has 0 radical (unpaired) electrons. The van der Waals surface area contributed by atoms with Crippen LogP contribution in [-0.2, 0) is 11.2 Å². The molecule has 1 aromatic carbocycles. The second kappa shape index (κ2) is 6.72. The summed E-state index contributed by atoms with van der Waals surface area (Å²) >= 11 is 0. The van der Waals surface area contributed by atoms with Crippen LogP contribution in [0.1, 0.15) is 24.5 Å². The first-order valence-electron chi connectivity index (χ1n) is 6.02. The van der Waals surface area contributed by atoms with E-state index in [2.05, 4.69) is 5.32 Å². The van der Waals surface area contributed by atoms with E-state index in [1.165, 1.54) is 6.07 Å². The molecule has 1 N–H and O–H groups in total. The quantitative estimate of drug-likeness (QED) is 0.824. The number of methoxy groups -OCH3 is 1. The van der Waals surface area contributed by atoms with E-state index in [0.717, 1.165) is 24.0 Å². The van der Waals surface area contributed by atoms with E-state index >= 15 is 0 Å². The highest BCUT2D eigenvalue weighted by Crippen LogP contribution is 2.14. The Morgan fingerprint density at radius 3 is 2.71 bits per heavy atom. The highest BCUT2D eigenvalue weighted by Gasteiger charge is 2.13. The molecule has 96 valence electrons. The van der Waals surface area contributed by atoms with Crippen molar-refractivity contribution in [1.29, 1.82) is 0 Å². The Hall–Kier alpha value is -0.930. The predicted molar refractivity (Wildman–Crippen MR) is 68.8 cm³/mol. The van der Waals surface area contributed by atoms with Gasteiger partial charge in [0.1, 0.15) is 5.82 Å². The Morgan fingerprint density at radius 2 is 2.12 bits per heavy atom. The fourth-order valence-corrected chi connectivity index (χ4v) is 1.93. The summed E-state index contributed by atoms with van der Waals surface area (Å²) in [4.78, 5) is 0. The van der Waals surface area contributed by atoms with Gasteiger partial charge in [-0.25, -0.2) is 4.39 Å². The van der Waals surface area contributed by atoms with Crippen molar-refractivity contribution in [1.82, 2.24) is 5.32 Å². The summed E-state index contributed by atoms with van der Waals surface area (Å²) < 4.78 is 18.4. The lowest BCUT2D eigenvalue weighted by molar-refractivity contribution is 0.101. The Bertz CT molecular complexity index is 354. The van der Waals surface area contributed by atoms with Gasteiger partial charge >= 0.3 is 0 Å². The molecule has 2 nitrogen and oxygen atoms in total. The summed E-state index contributed by atoms with van der Waals surface area (Å²) in [7, 11) is 3.65. The maximum Gasteiger partial charge on any atom is 0.123 e. The molecule has 17 heavy (non-hydrogen) atoms. The van der Waals surface area contributed by atoms with Crippen LogP contribution >= 0.6 is 0 Å². The van der Waals surface area contributed by atoms with E-state index in [1.807, 2.05) is 27.0 Å². The van der Waals surface area contributed by atoms with Crippen molar-refractivity contribution in [3.63, 3.8) is 0 Å². The van der Waals surface area contributed by atoms with E-state index in [4.69, 9.17) is 4.74 Å². The number of likely N-dealkylation sites (N-methyl/N-ethyl adjacent to an activating group) is 1. The van der Waals surface area contributed by atoms with Crippen LogP contribution in [0, 0.1) is 12.7 Å². The molecular formula is C14H22FNO. The average Bonchev–Trinajstić information content (AvgIpc) is 2.32. The van der Waals surface area contributed by atoms with Crippen LogP contribution in [0.15, 0.2) is 18.2 Å². The first-order chi connectivity index (χ1) is 8.06. The van der Waals surface area contributed by atoms with Crippen molar-refractivity contribution in [2.45, 2.75) is 38.8 Å². The third-order valence-electron chi connectivity index (χ3n) is 3.20. The molecule has 0 aliphatic heterocycles. The lowest BCUT2D eigenvalue weighted by Crippen LogP contribution is -2.31. The predicted octanol–water partition coefficient (Wildman–Crippen LogP) is 2.69. The van der Waals surface area contributed by atoms with Crippen LogP contribution in [0.4, 0.5) is 4.39 Å². The van der Waals surface area contributed by atoms with E-state index in [-0.39, 0.29) is 11.9 Å². The van der Waals surface area contributed by atoms with Crippen molar-refractivity contribution in [2.24, 2.45) is 0 Å². The van der Waals surface area contributed by atoms with Gasteiger partial charge < -0.3 is 10.1 Å². The molecule has 0 aromatic heterocycles. The number of nitrogens with one attached hydrogen (secondary N) is 1. The normalized spacial score (nSPS) is 14.6. The molecule has 0 fully saturated rings. The molecule has 0 heterocycles.